The van der Waals surface area contributed by atoms with Crippen molar-refractivity contribution in [2.24, 2.45) is 0 Å². The van der Waals surface area contributed by atoms with Gasteiger partial charge < -0.3 is 15.4 Å². The molecule has 132 valence electrons. The largest absolute Gasteiger partial charge is 0.489 e. The van der Waals surface area contributed by atoms with Gasteiger partial charge in [-0.2, -0.15) is 0 Å². The van der Waals surface area contributed by atoms with E-state index in [0.29, 0.717) is 13.2 Å². The van der Waals surface area contributed by atoms with Gasteiger partial charge in [-0.15, -0.1) is 0 Å². The molecule has 26 heavy (non-hydrogen) atoms. The van der Waals surface area contributed by atoms with Gasteiger partial charge in [-0.3, -0.25) is 4.98 Å². The fourth-order valence-corrected chi connectivity index (χ4v) is 2.42. The minimum Gasteiger partial charge on any atom is -0.489 e. The molecule has 0 saturated heterocycles. The van der Waals surface area contributed by atoms with E-state index in [4.69, 9.17) is 4.74 Å². The molecular formula is C21H21N3O2. The molecule has 0 fully saturated rings. The first-order chi connectivity index (χ1) is 12.8. The normalized spacial score (nSPS) is 10.2. The molecule has 1 heterocycles. The Balaban J connectivity index is 1.41. The molecular weight excluding hydrogens is 326 g/mol. The summed E-state index contributed by atoms with van der Waals surface area (Å²) >= 11 is 0. The molecule has 5 heteroatoms. The topological polar surface area (TPSA) is 63.2 Å². The first kappa shape index (κ1) is 17.5. The summed E-state index contributed by atoms with van der Waals surface area (Å²) in [6.07, 6.45) is 4.28. The number of nitrogens with zero attached hydrogens (tertiary/aromatic N) is 1. The lowest BCUT2D eigenvalue weighted by molar-refractivity contribution is 0.252. The molecule has 2 aromatic carbocycles. The molecule has 3 aromatic rings. The molecule has 0 atom stereocenters. The molecule has 0 saturated carbocycles. The van der Waals surface area contributed by atoms with Gasteiger partial charge in [0.2, 0.25) is 0 Å². The summed E-state index contributed by atoms with van der Waals surface area (Å²) < 4.78 is 5.73. The molecule has 2 amide bonds. The van der Waals surface area contributed by atoms with Crippen LogP contribution in [0.1, 0.15) is 11.1 Å². The maximum absolute atomic E-state index is 11.9. The number of hydrogen-bond acceptors (Lipinski definition) is 3. The molecule has 0 unspecified atom stereocenters. The zero-order valence-corrected chi connectivity index (χ0v) is 14.4. The van der Waals surface area contributed by atoms with Crippen LogP contribution in [0.15, 0.2) is 79.1 Å². The molecule has 0 aliphatic rings. The van der Waals surface area contributed by atoms with Crippen LogP contribution < -0.4 is 15.4 Å². The number of pyridine rings is 1. The van der Waals surface area contributed by atoms with Gasteiger partial charge >= 0.3 is 6.03 Å². The number of aromatic nitrogens is 1. The molecule has 0 bridgehead atoms. The van der Waals surface area contributed by atoms with Crippen molar-refractivity contribution in [2.45, 2.75) is 13.0 Å². The highest BCUT2D eigenvalue weighted by Gasteiger charge is 2.02. The summed E-state index contributed by atoms with van der Waals surface area (Å²) in [6, 6.07) is 21.0. The van der Waals surface area contributed by atoms with E-state index in [1.165, 1.54) is 0 Å². The molecule has 1 aromatic heterocycles. The minimum absolute atomic E-state index is 0.230. The van der Waals surface area contributed by atoms with Gasteiger partial charge in [-0.1, -0.05) is 36.4 Å². The minimum atomic E-state index is -0.230. The number of ether oxygens (including phenoxy) is 1. The van der Waals surface area contributed by atoms with Crippen LogP contribution in [0.5, 0.6) is 5.75 Å². The Morgan fingerprint density at radius 3 is 2.42 bits per heavy atom. The Morgan fingerprint density at radius 2 is 1.69 bits per heavy atom. The summed E-state index contributed by atoms with van der Waals surface area (Å²) in [4.78, 5) is 16.0. The van der Waals surface area contributed by atoms with Crippen LogP contribution in [0.3, 0.4) is 0 Å². The van der Waals surface area contributed by atoms with Crippen molar-refractivity contribution in [3.63, 3.8) is 0 Å². The van der Waals surface area contributed by atoms with Crippen LogP contribution >= 0.6 is 0 Å². The summed E-state index contributed by atoms with van der Waals surface area (Å²) in [7, 11) is 0. The van der Waals surface area contributed by atoms with E-state index in [0.717, 1.165) is 29.0 Å². The van der Waals surface area contributed by atoms with E-state index >= 15 is 0 Å². The van der Waals surface area contributed by atoms with Crippen molar-refractivity contribution in [3.8, 4) is 5.75 Å². The van der Waals surface area contributed by atoms with Gasteiger partial charge in [0.1, 0.15) is 12.4 Å². The number of hydrogen-bond donors (Lipinski definition) is 2. The molecule has 0 aliphatic carbocycles. The van der Waals surface area contributed by atoms with Gasteiger partial charge in [0.15, 0.2) is 0 Å². The number of urea groups is 1. The Hall–Kier alpha value is -3.34. The van der Waals surface area contributed by atoms with Crippen LogP contribution in [-0.4, -0.2) is 17.6 Å². The Labute approximate surface area is 153 Å². The molecule has 0 spiro atoms. The van der Waals surface area contributed by atoms with Gasteiger partial charge in [0.25, 0.3) is 0 Å². The lowest BCUT2D eigenvalue weighted by Crippen LogP contribution is -2.30. The summed E-state index contributed by atoms with van der Waals surface area (Å²) in [6.45, 7) is 1.07. The number of rotatable bonds is 7. The fraction of sp³-hybridized carbons (Fsp3) is 0.143. The van der Waals surface area contributed by atoms with E-state index in [9.17, 15) is 4.79 Å². The standard InChI is InChI=1S/C21H21N3O2/c25-21(23-14-12-17-7-4-13-22-15-17)24-19-8-10-20(11-9-19)26-16-18-5-2-1-3-6-18/h1-11,13,15H,12,14,16H2,(H2,23,24,25). The van der Waals surface area contributed by atoms with Crippen LogP contribution in [0.4, 0.5) is 10.5 Å². The highest BCUT2D eigenvalue weighted by atomic mass is 16.5. The summed E-state index contributed by atoms with van der Waals surface area (Å²) in [5.74, 6) is 0.761. The van der Waals surface area contributed by atoms with Crippen LogP contribution in [-0.2, 0) is 13.0 Å². The zero-order chi connectivity index (χ0) is 18.0. The highest BCUT2D eigenvalue weighted by Crippen LogP contribution is 2.17. The SMILES string of the molecule is O=C(NCCc1cccnc1)Nc1ccc(OCc2ccccc2)cc1. The van der Waals surface area contributed by atoms with E-state index in [-0.39, 0.29) is 6.03 Å². The monoisotopic (exact) mass is 347 g/mol. The van der Waals surface area contributed by atoms with Crippen molar-refractivity contribution in [1.82, 2.24) is 10.3 Å². The molecule has 5 nitrogen and oxygen atoms in total. The zero-order valence-electron chi connectivity index (χ0n) is 14.4. The number of nitrogens with one attached hydrogen (secondary N) is 2. The van der Waals surface area contributed by atoms with Gasteiger partial charge in [-0.25, -0.2) is 4.79 Å². The predicted octanol–water partition coefficient (Wildman–Crippen LogP) is 4.02. The average molecular weight is 347 g/mol. The lowest BCUT2D eigenvalue weighted by Gasteiger charge is -2.09. The van der Waals surface area contributed by atoms with Crippen molar-refractivity contribution < 1.29 is 9.53 Å². The first-order valence-corrected chi connectivity index (χ1v) is 8.50. The Bertz CT molecular complexity index is 806. The molecule has 0 aliphatic heterocycles. The highest BCUT2D eigenvalue weighted by molar-refractivity contribution is 5.89. The second-order valence-corrected chi connectivity index (χ2v) is 5.79. The number of carbonyl (C=O) groups is 1. The number of amides is 2. The quantitative estimate of drug-likeness (QED) is 0.678. The van der Waals surface area contributed by atoms with E-state index in [1.54, 1.807) is 12.4 Å². The third kappa shape index (κ3) is 5.63. The summed E-state index contributed by atoms with van der Waals surface area (Å²) in [5, 5.41) is 5.64. The van der Waals surface area contributed by atoms with E-state index in [2.05, 4.69) is 15.6 Å². The van der Waals surface area contributed by atoms with E-state index in [1.807, 2.05) is 66.7 Å². The smallest absolute Gasteiger partial charge is 0.319 e. The van der Waals surface area contributed by atoms with Crippen molar-refractivity contribution >= 4 is 11.7 Å². The van der Waals surface area contributed by atoms with Gasteiger partial charge in [0, 0.05) is 24.6 Å². The second-order valence-electron chi connectivity index (χ2n) is 5.79. The van der Waals surface area contributed by atoms with Crippen molar-refractivity contribution in [3.05, 3.63) is 90.3 Å². The van der Waals surface area contributed by atoms with Gasteiger partial charge in [-0.05, 0) is 47.9 Å². The Kier molecular flexibility index (Phi) is 6.20. The van der Waals surface area contributed by atoms with Gasteiger partial charge in [0.05, 0.1) is 0 Å². The number of carbonyl (C=O) groups excluding carboxylic acids is 1. The lowest BCUT2D eigenvalue weighted by atomic mass is 10.2. The van der Waals surface area contributed by atoms with E-state index < -0.39 is 0 Å². The third-order valence-electron chi connectivity index (χ3n) is 3.78. The van der Waals surface area contributed by atoms with Crippen LogP contribution in [0.2, 0.25) is 0 Å². The Morgan fingerprint density at radius 1 is 0.923 bits per heavy atom. The second kappa shape index (κ2) is 9.22. The maximum Gasteiger partial charge on any atom is 0.319 e. The summed E-state index contributed by atoms with van der Waals surface area (Å²) in [5.41, 5.74) is 2.92. The first-order valence-electron chi connectivity index (χ1n) is 8.50. The average Bonchev–Trinajstić information content (AvgIpc) is 2.69. The predicted molar refractivity (Wildman–Crippen MR) is 102 cm³/mol. The molecule has 3 rings (SSSR count). The van der Waals surface area contributed by atoms with Crippen molar-refractivity contribution in [2.75, 3.05) is 11.9 Å². The van der Waals surface area contributed by atoms with Crippen LogP contribution in [0.25, 0.3) is 0 Å². The third-order valence-corrected chi connectivity index (χ3v) is 3.78. The molecule has 2 N–H and O–H groups in total. The van der Waals surface area contributed by atoms with Crippen molar-refractivity contribution in [1.29, 1.82) is 0 Å². The number of anilines is 1. The fourth-order valence-electron chi connectivity index (χ4n) is 2.42. The maximum atomic E-state index is 11.9. The van der Waals surface area contributed by atoms with Crippen LogP contribution in [0, 0.1) is 0 Å². The molecule has 0 radical (unpaired) electrons. The number of benzene rings is 2.